The van der Waals surface area contributed by atoms with E-state index in [1.54, 1.807) is 12.4 Å². The average Bonchev–Trinajstić information content (AvgIpc) is 2.96. The lowest BCUT2D eigenvalue weighted by Crippen LogP contribution is -2.44. The molecule has 0 radical (unpaired) electrons. The van der Waals surface area contributed by atoms with Crippen molar-refractivity contribution in [2.24, 2.45) is 5.92 Å². The summed E-state index contributed by atoms with van der Waals surface area (Å²) in [4.78, 5) is 19.1. The number of likely N-dealkylation sites (tertiary alicyclic amines) is 1. The quantitative estimate of drug-likeness (QED) is 0.907. The number of hydrogen-bond acceptors (Lipinski definition) is 4. The second kappa shape index (κ2) is 7.33. The Morgan fingerprint density at radius 3 is 2.80 bits per heavy atom. The molecule has 2 bridgehead atoms. The maximum Gasteiger partial charge on any atom is 0.226 e. The topological polar surface area (TPSA) is 54.5 Å². The van der Waals surface area contributed by atoms with Crippen molar-refractivity contribution in [3.05, 3.63) is 66.0 Å². The molecule has 4 rings (SSSR count). The molecule has 130 valence electrons. The first-order valence-corrected chi connectivity index (χ1v) is 8.86. The normalized spacial score (nSPS) is 25.7. The van der Waals surface area contributed by atoms with Crippen LogP contribution in [0, 0.1) is 5.92 Å². The molecule has 3 heterocycles. The monoisotopic (exact) mass is 337 g/mol. The van der Waals surface area contributed by atoms with E-state index >= 15 is 0 Å². The van der Waals surface area contributed by atoms with Crippen LogP contribution in [0.5, 0.6) is 0 Å². The SMILES string of the molecule is O=C(NCc1cccnc1)[C@@H]1C[C@H]2CN(Cc3ccccc3)C[C@H]1O2. The Bertz CT molecular complexity index is 707. The number of pyridine rings is 1. The fourth-order valence-corrected chi connectivity index (χ4v) is 3.81. The van der Waals surface area contributed by atoms with Gasteiger partial charge in [-0.2, -0.15) is 0 Å². The van der Waals surface area contributed by atoms with Crippen LogP contribution in [0.25, 0.3) is 0 Å². The van der Waals surface area contributed by atoms with E-state index < -0.39 is 0 Å². The molecule has 2 saturated heterocycles. The molecule has 1 aromatic carbocycles. The van der Waals surface area contributed by atoms with Crippen LogP contribution in [-0.2, 0) is 22.6 Å². The highest BCUT2D eigenvalue weighted by atomic mass is 16.5. The van der Waals surface area contributed by atoms with Gasteiger partial charge >= 0.3 is 0 Å². The van der Waals surface area contributed by atoms with Gasteiger partial charge in [0.2, 0.25) is 5.91 Å². The number of carbonyl (C=O) groups excluding carboxylic acids is 1. The third kappa shape index (κ3) is 3.89. The van der Waals surface area contributed by atoms with Crippen molar-refractivity contribution >= 4 is 5.91 Å². The molecular formula is C20H23N3O2. The van der Waals surface area contributed by atoms with E-state index in [4.69, 9.17) is 4.74 Å². The van der Waals surface area contributed by atoms with Crippen LogP contribution in [-0.4, -0.2) is 41.1 Å². The summed E-state index contributed by atoms with van der Waals surface area (Å²) in [6.45, 7) is 3.16. The van der Waals surface area contributed by atoms with Gasteiger partial charge in [-0.15, -0.1) is 0 Å². The third-order valence-electron chi connectivity index (χ3n) is 5.01. The molecular weight excluding hydrogens is 314 g/mol. The lowest BCUT2D eigenvalue weighted by molar-refractivity contribution is -0.128. The zero-order chi connectivity index (χ0) is 17.1. The molecule has 2 aliphatic heterocycles. The fourth-order valence-electron chi connectivity index (χ4n) is 3.81. The van der Waals surface area contributed by atoms with Crippen LogP contribution >= 0.6 is 0 Å². The number of aromatic nitrogens is 1. The lowest BCUT2D eigenvalue weighted by atomic mass is 9.99. The van der Waals surface area contributed by atoms with Crippen molar-refractivity contribution in [3.8, 4) is 0 Å². The Morgan fingerprint density at radius 2 is 2.00 bits per heavy atom. The van der Waals surface area contributed by atoms with Crippen LogP contribution in [0.3, 0.4) is 0 Å². The summed E-state index contributed by atoms with van der Waals surface area (Å²) >= 11 is 0. The first kappa shape index (κ1) is 16.2. The first-order valence-electron chi connectivity index (χ1n) is 8.86. The largest absolute Gasteiger partial charge is 0.371 e. The van der Waals surface area contributed by atoms with E-state index in [1.807, 2.05) is 18.2 Å². The number of rotatable bonds is 5. The maximum atomic E-state index is 12.6. The number of hydrogen-bond donors (Lipinski definition) is 1. The molecule has 0 spiro atoms. The number of carbonyl (C=O) groups is 1. The van der Waals surface area contributed by atoms with Gasteiger partial charge in [-0.05, 0) is 23.6 Å². The molecule has 2 aromatic rings. The summed E-state index contributed by atoms with van der Waals surface area (Å²) in [6.07, 6.45) is 4.49. The van der Waals surface area contributed by atoms with Gasteiger partial charge in [-0.25, -0.2) is 0 Å². The number of nitrogens with zero attached hydrogens (tertiary/aromatic N) is 2. The van der Waals surface area contributed by atoms with E-state index in [1.165, 1.54) is 5.56 Å². The number of fused-ring (bicyclic) bond motifs is 2. The first-order chi connectivity index (χ1) is 12.3. The molecule has 5 nitrogen and oxygen atoms in total. The number of nitrogens with one attached hydrogen (secondary N) is 1. The molecule has 2 fully saturated rings. The Balaban J connectivity index is 1.33. The molecule has 0 saturated carbocycles. The second-order valence-electron chi connectivity index (χ2n) is 6.90. The highest BCUT2D eigenvalue weighted by Crippen LogP contribution is 2.32. The van der Waals surface area contributed by atoms with Crippen molar-refractivity contribution in [2.45, 2.75) is 31.7 Å². The van der Waals surface area contributed by atoms with Crippen LogP contribution in [0.15, 0.2) is 54.9 Å². The van der Waals surface area contributed by atoms with Crippen LogP contribution in [0.2, 0.25) is 0 Å². The average molecular weight is 337 g/mol. The molecule has 0 aliphatic carbocycles. The molecule has 3 atom stereocenters. The van der Waals surface area contributed by atoms with Crippen LogP contribution < -0.4 is 5.32 Å². The zero-order valence-corrected chi connectivity index (χ0v) is 14.2. The summed E-state index contributed by atoms with van der Waals surface area (Å²) in [7, 11) is 0. The third-order valence-corrected chi connectivity index (χ3v) is 5.01. The van der Waals surface area contributed by atoms with Gasteiger partial charge in [0.05, 0.1) is 18.1 Å². The van der Waals surface area contributed by atoms with E-state index in [0.717, 1.165) is 31.6 Å². The summed E-state index contributed by atoms with van der Waals surface area (Å²) in [5, 5.41) is 3.04. The van der Waals surface area contributed by atoms with Gasteiger partial charge in [-0.1, -0.05) is 36.4 Å². The Kier molecular flexibility index (Phi) is 4.76. The minimum absolute atomic E-state index is 0.00337. The minimum Gasteiger partial charge on any atom is -0.371 e. The molecule has 5 heteroatoms. The molecule has 1 amide bonds. The Morgan fingerprint density at radius 1 is 1.16 bits per heavy atom. The summed E-state index contributed by atoms with van der Waals surface area (Å²) in [5.41, 5.74) is 2.32. The minimum atomic E-state index is -0.0533. The number of amides is 1. The number of benzene rings is 1. The van der Waals surface area contributed by atoms with Crippen LogP contribution in [0.1, 0.15) is 17.5 Å². The van der Waals surface area contributed by atoms with Crippen LogP contribution in [0.4, 0.5) is 0 Å². The highest BCUT2D eigenvalue weighted by Gasteiger charge is 2.44. The Labute approximate surface area is 148 Å². The lowest BCUT2D eigenvalue weighted by Gasteiger charge is -2.32. The van der Waals surface area contributed by atoms with Gasteiger partial charge in [0.15, 0.2) is 0 Å². The van der Waals surface area contributed by atoms with Crippen molar-refractivity contribution in [1.29, 1.82) is 0 Å². The fraction of sp³-hybridized carbons (Fsp3) is 0.400. The predicted molar refractivity (Wildman–Crippen MR) is 94.6 cm³/mol. The van der Waals surface area contributed by atoms with Crippen molar-refractivity contribution < 1.29 is 9.53 Å². The summed E-state index contributed by atoms with van der Waals surface area (Å²) in [6, 6.07) is 14.3. The summed E-state index contributed by atoms with van der Waals surface area (Å²) < 4.78 is 6.04. The molecule has 1 N–H and O–H groups in total. The Hall–Kier alpha value is -2.24. The van der Waals surface area contributed by atoms with E-state index in [9.17, 15) is 4.79 Å². The second-order valence-corrected chi connectivity index (χ2v) is 6.90. The van der Waals surface area contributed by atoms with E-state index in [0.29, 0.717) is 6.54 Å². The van der Waals surface area contributed by atoms with E-state index in [-0.39, 0.29) is 24.0 Å². The van der Waals surface area contributed by atoms with Gasteiger partial charge in [0.1, 0.15) is 0 Å². The highest BCUT2D eigenvalue weighted by molar-refractivity contribution is 5.79. The number of morpholine rings is 1. The van der Waals surface area contributed by atoms with Crippen molar-refractivity contribution in [1.82, 2.24) is 15.2 Å². The van der Waals surface area contributed by atoms with Gasteiger partial charge < -0.3 is 10.1 Å². The number of ether oxygens (including phenoxy) is 1. The maximum absolute atomic E-state index is 12.6. The van der Waals surface area contributed by atoms with Gasteiger partial charge in [0, 0.05) is 38.6 Å². The summed E-state index contributed by atoms with van der Waals surface area (Å²) in [5.74, 6) is 0.0420. The van der Waals surface area contributed by atoms with E-state index in [2.05, 4.69) is 39.5 Å². The molecule has 0 unspecified atom stereocenters. The van der Waals surface area contributed by atoms with Gasteiger partial charge in [-0.3, -0.25) is 14.7 Å². The zero-order valence-electron chi connectivity index (χ0n) is 14.2. The molecule has 25 heavy (non-hydrogen) atoms. The van der Waals surface area contributed by atoms with Crippen molar-refractivity contribution in [2.75, 3.05) is 13.1 Å². The smallest absolute Gasteiger partial charge is 0.226 e. The van der Waals surface area contributed by atoms with Crippen molar-refractivity contribution in [3.63, 3.8) is 0 Å². The van der Waals surface area contributed by atoms with Gasteiger partial charge in [0.25, 0.3) is 0 Å². The predicted octanol–water partition coefficient (Wildman–Crippen LogP) is 1.99. The standard InChI is InChI=1S/C20H23N3O2/c24-20(22-11-16-7-4-8-21-10-16)18-9-17-13-23(14-19(18)25-17)12-15-5-2-1-3-6-15/h1-8,10,17-19H,9,11-14H2,(H,22,24)/t17-,18+,19+/m0/s1. The molecule has 2 aliphatic rings. The molecule has 1 aromatic heterocycles.